The number of primary sulfonamides is 1. The number of carbonyl (C=O) groups is 1. The Morgan fingerprint density at radius 3 is 2.46 bits per heavy atom. The normalized spacial score (nSPS) is 11.5. The van der Waals surface area contributed by atoms with Crippen molar-refractivity contribution in [3.8, 4) is 5.75 Å². The summed E-state index contributed by atoms with van der Waals surface area (Å²) in [4.78, 5) is 11.7. The number of nitrogens with one attached hydrogen (secondary N) is 1. The fourth-order valence-corrected chi connectivity index (χ4v) is 2.63. The molecule has 0 atom stereocenters. The first-order chi connectivity index (χ1) is 11.3. The lowest BCUT2D eigenvalue weighted by atomic mass is 10.2. The van der Waals surface area contributed by atoms with E-state index in [9.17, 15) is 17.6 Å². The van der Waals surface area contributed by atoms with Gasteiger partial charge in [0, 0.05) is 11.8 Å². The second-order valence-corrected chi connectivity index (χ2v) is 6.31. The van der Waals surface area contributed by atoms with Crippen molar-refractivity contribution in [2.75, 3.05) is 12.4 Å². The Morgan fingerprint density at radius 2 is 1.88 bits per heavy atom. The highest BCUT2D eigenvalue weighted by Gasteiger charge is 2.16. The molecule has 0 heterocycles. The maximum atomic E-state index is 12.8. The molecule has 0 fully saturated rings. The number of carbonyl (C=O) groups excluding carboxylic acids is 1. The van der Waals surface area contributed by atoms with Crippen LogP contribution in [0.25, 0.3) is 6.08 Å². The molecule has 24 heavy (non-hydrogen) atoms. The van der Waals surface area contributed by atoms with E-state index in [1.54, 1.807) is 0 Å². The van der Waals surface area contributed by atoms with Crippen LogP contribution in [0.4, 0.5) is 10.1 Å². The van der Waals surface area contributed by atoms with E-state index >= 15 is 0 Å². The molecule has 0 aromatic heterocycles. The van der Waals surface area contributed by atoms with Gasteiger partial charge in [0.25, 0.3) is 0 Å². The predicted octanol–water partition coefficient (Wildman–Crippen LogP) is 2.13. The van der Waals surface area contributed by atoms with Crippen molar-refractivity contribution in [3.63, 3.8) is 0 Å². The Kier molecular flexibility index (Phi) is 5.32. The van der Waals surface area contributed by atoms with Crippen molar-refractivity contribution in [3.05, 3.63) is 59.9 Å². The summed E-state index contributed by atoms with van der Waals surface area (Å²) in [6, 6.07) is 9.67. The second-order valence-electron chi connectivity index (χ2n) is 4.78. The highest BCUT2D eigenvalue weighted by Crippen LogP contribution is 2.26. The summed E-state index contributed by atoms with van der Waals surface area (Å²) in [6.45, 7) is 0. The van der Waals surface area contributed by atoms with Gasteiger partial charge < -0.3 is 10.1 Å². The fourth-order valence-electron chi connectivity index (χ4n) is 1.91. The highest BCUT2D eigenvalue weighted by molar-refractivity contribution is 7.89. The summed E-state index contributed by atoms with van der Waals surface area (Å²) in [5.74, 6) is -0.771. The Labute approximate surface area is 138 Å². The first-order valence-electron chi connectivity index (χ1n) is 6.75. The third-order valence-electron chi connectivity index (χ3n) is 3.03. The molecule has 2 aromatic carbocycles. The van der Waals surface area contributed by atoms with Crippen LogP contribution in [-0.2, 0) is 14.8 Å². The van der Waals surface area contributed by atoms with E-state index < -0.39 is 15.9 Å². The van der Waals surface area contributed by atoms with E-state index in [0.29, 0.717) is 5.56 Å². The zero-order chi connectivity index (χ0) is 17.7. The van der Waals surface area contributed by atoms with Gasteiger partial charge >= 0.3 is 0 Å². The molecule has 0 aliphatic heterocycles. The molecule has 126 valence electrons. The van der Waals surface area contributed by atoms with E-state index in [1.165, 1.54) is 61.7 Å². The number of hydrogen-bond acceptors (Lipinski definition) is 4. The van der Waals surface area contributed by atoms with Gasteiger partial charge in [-0.2, -0.15) is 0 Å². The van der Waals surface area contributed by atoms with Crippen molar-refractivity contribution >= 4 is 27.7 Å². The molecule has 2 rings (SSSR count). The summed E-state index contributed by atoms with van der Waals surface area (Å²) >= 11 is 0. The van der Waals surface area contributed by atoms with E-state index in [2.05, 4.69) is 5.32 Å². The van der Waals surface area contributed by atoms with Gasteiger partial charge in [-0.1, -0.05) is 12.1 Å². The van der Waals surface area contributed by atoms with Crippen molar-refractivity contribution in [2.24, 2.45) is 5.14 Å². The van der Waals surface area contributed by atoms with E-state index in [-0.39, 0.29) is 22.1 Å². The summed E-state index contributed by atoms with van der Waals surface area (Å²) in [5, 5.41) is 7.63. The van der Waals surface area contributed by atoms with Gasteiger partial charge in [-0.15, -0.1) is 0 Å². The fraction of sp³-hybridized carbons (Fsp3) is 0.0625. The van der Waals surface area contributed by atoms with Crippen LogP contribution in [0.15, 0.2) is 53.4 Å². The Hall–Kier alpha value is -2.71. The Morgan fingerprint density at radius 1 is 1.21 bits per heavy atom. The van der Waals surface area contributed by atoms with E-state index in [1.807, 2.05) is 0 Å². The number of hydrogen-bond donors (Lipinski definition) is 2. The first kappa shape index (κ1) is 17.6. The molecular weight excluding hydrogens is 335 g/mol. The maximum Gasteiger partial charge on any atom is 0.248 e. The molecule has 3 N–H and O–H groups in total. The Balaban J connectivity index is 2.15. The average Bonchev–Trinajstić information content (AvgIpc) is 2.53. The molecular formula is C16H15FN2O4S. The van der Waals surface area contributed by atoms with Crippen molar-refractivity contribution < 1.29 is 22.3 Å². The third-order valence-corrected chi connectivity index (χ3v) is 3.97. The molecule has 8 heteroatoms. The Bertz CT molecular complexity index is 877. The van der Waals surface area contributed by atoms with Crippen LogP contribution < -0.4 is 15.2 Å². The summed E-state index contributed by atoms with van der Waals surface area (Å²) in [5.41, 5.74) is 0.889. The maximum absolute atomic E-state index is 12.8. The monoisotopic (exact) mass is 350 g/mol. The minimum absolute atomic E-state index is 0.0809. The first-order valence-corrected chi connectivity index (χ1v) is 8.30. The van der Waals surface area contributed by atoms with Crippen LogP contribution in [0.2, 0.25) is 0 Å². The van der Waals surface area contributed by atoms with Gasteiger partial charge in [0.1, 0.15) is 16.5 Å². The smallest absolute Gasteiger partial charge is 0.248 e. The van der Waals surface area contributed by atoms with Crippen LogP contribution in [-0.4, -0.2) is 21.4 Å². The van der Waals surface area contributed by atoms with Gasteiger partial charge in [-0.05, 0) is 42.0 Å². The van der Waals surface area contributed by atoms with E-state index in [4.69, 9.17) is 9.88 Å². The van der Waals surface area contributed by atoms with Gasteiger partial charge in [0.15, 0.2) is 0 Å². The molecule has 0 spiro atoms. The summed E-state index contributed by atoms with van der Waals surface area (Å²) in [6.07, 6.45) is 2.74. The number of ether oxygens (including phenoxy) is 1. The second kappa shape index (κ2) is 7.24. The zero-order valence-corrected chi connectivity index (χ0v) is 13.5. The standard InChI is InChI=1S/C16H15FN2O4S/c1-23-14-8-7-13(10-15(14)24(18,21)22)19-16(20)9-4-11-2-5-12(17)6-3-11/h2-10H,1H3,(H,19,20)(H2,18,21,22)/b9-4+. The number of nitrogens with two attached hydrogens (primary N) is 1. The van der Waals surface area contributed by atoms with Crippen molar-refractivity contribution in [1.82, 2.24) is 0 Å². The lowest BCUT2D eigenvalue weighted by Crippen LogP contribution is -2.15. The molecule has 6 nitrogen and oxygen atoms in total. The molecule has 0 radical (unpaired) electrons. The number of methoxy groups -OCH3 is 1. The van der Waals surface area contributed by atoms with Crippen molar-refractivity contribution in [2.45, 2.75) is 4.90 Å². The number of halogens is 1. The molecule has 0 unspecified atom stereocenters. The van der Waals surface area contributed by atoms with Gasteiger partial charge in [-0.3, -0.25) is 4.79 Å². The lowest BCUT2D eigenvalue weighted by molar-refractivity contribution is -0.111. The van der Waals surface area contributed by atoms with Crippen LogP contribution in [0, 0.1) is 5.82 Å². The molecule has 0 aliphatic carbocycles. The van der Waals surface area contributed by atoms with Crippen LogP contribution in [0.1, 0.15) is 5.56 Å². The predicted molar refractivity (Wildman–Crippen MR) is 88.4 cm³/mol. The van der Waals surface area contributed by atoms with E-state index in [0.717, 1.165) is 0 Å². The minimum atomic E-state index is -3.99. The van der Waals surface area contributed by atoms with Crippen LogP contribution in [0.5, 0.6) is 5.75 Å². The SMILES string of the molecule is COc1ccc(NC(=O)/C=C/c2ccc(F)cc2)cc1S(N)(=O)=O. The van der Waals surface area contributed by atoms with Crippen molar-refractivity contribution in [1.29, 1.82) is 0 Å². The number of sulfonamides is 1. The zero-order valence-electron chi connectivity index (χ0n) is 12.7. The minimum Gasteiger partial charge on any atom is -0.495 e. The molecule has 1 amide bonds. The molecule has 0 saturated heterocycles. The summed E-state index contributed by atoms with van der Waals surface area (Å²) < 4.78 is 40.8. The third kappa shape index (κ3) is 4.64. The van der Waals surface area contributed by atoms with Gasteiger partial charge in [-0.25, -0.2) is 17.9 Å². The lowest BCUT2D eigenvalue weighted by Gasteiger charge is -2.09. The molecule has 0 saturated carbocycles. The topological polar surface area (TPSA) is 98.5 Å². The quantitative estimate of drug-likeness (QED) is 0.807. The van der Waals surface area contributed by atoms with Gasteiger partial charge in [0.2, 0.25) is 15.9 Å². The summed E-state index contributed by atoms with van der Waals surface area (Å²) in [7, 11) is -2.68. The van der Waals surface area contributed by atoms with Gasteiger partial charge in [0.05, 0.1) is 7.11 Å². The molecule has 2 aromatic rings. The number of rotatable bonds is 5. The van der Waals surface area contributed by atoms with Crippen LogP contribution in [0.3, 0.4) is 0 Å². The molecule has 0 bridgehead atoms. The number of anilines is 1. The average molecular weight is 350 g/mol. The number of benzene rings is 2. The molecule has 0 aliphatic rings. The van der Waals surface area contributed by atoms with Crippen LogP contribution >= 0.6 is 0 Å². The largest absolute Gasteiger partial charge is 0.495 e. The highest BCUT2D eigenvalue weighted by atomic mass is 32.2. The number of amides is 1.